The lowest BCUT2D eigenvalue weighted by Gasteiger charge is -2.36. The highest BCUT2D eigenvalue weighted by atomic mass is 15.2. The monoisotopic (exact) mass is 606 g/mol. The van der Waals surface area contributed by atoms with E-state index in [9.17, 15) is 0 Å². The summed E-state index contributed by atoms with van der Waals surface area (Å²) >= 11 is 0. The Kier molecular flexibility index (Phi) is 6.47. The number of hydrogen-bond acceptors (Lipinski definition) is 1. The Morgan fingerprint density at radius 1 is 0.745 bits per heavy atom. The van der Waals surface area contributed by atoms with Crippen LogP contribution in [0.2, 0.25) is 0 Å². The number of aromatic nitrogens is 1. The van der Waals surface area contributed by atoms with Crippen molar-refractivity contribution in [3.05, 3.63) is 174 Å². The van der Waals surface area contributed by atoms with Crippen LogP contribution in [0.5, 0.6) is 0 Å². The minimum atomic E-state index is 0.0274. The topological polar surface area (TPSA) is 8.17 Å². The van der Waals surface area contributed by atoms with Gasteiger partial charge in [0.25, 0.3) is 0 Å². The fraction of sp³-hybridized carbons (Fsp3) is 0.156. The van der Waals surface area contributed by atoms with Crippen LogP contribution >= 0.6 is 0 Å². The average Bonchev–Trinajstić information content (AvgIpc) is 3.59. The SMILES string of the molecule is CC1(C)c2ccccc2-c2cc(C3=CCC(N(C4=CC=CCC4)c4cccc5c4c4ccccc4n5-c4ccccc4)C=C3)ccc21. The van der Waals surface area contributed by atoms with Gasteiger partial charge < -0.3 is 9.47 Å². The maximum atomic E-state index is 2.62. The molecule has 3 aliphatic carbocycles. The minimum absolute atomic E-state index is 0.0274. The molecular formula is C45H38N2. The van der Waals surface area contributed by atoms with Crippen molar-refractivity contribution in [1.82, 2.24) is 4.57 Å². The summed E-state index contributed by atoms with van der Waals surface area (Å²) in [5, 5.41) is 2.60. The molecule has 1 heterocycles. The van der Waals surface area contributed by atoms with E-state index >= 15 is 0 Å². The van der Waals surface area contributed by atoms with Crippen LogP contribution in [0.15, 0.2) is 157 Å². The molecule has 0 saturated heterocycles. The van der Waals surface area contributed by atoms with Crippen LogP contribution in [-0.4, -0.2) is 10.6 Å². The maximum Gasteiger partial charge on any atom is 0.0562 e. The van der Waals surface area contributed by atoms with Gasteiger partial charge in [0.15, 0.2) is 0 Å². The summed E-state index contributed by atoms with van der Waals surface area (Å²) in [4.78, 5) is 2.62. The molecule has 1 aromatic heterocycles. The molecular weight excluding hydrogens is 569 g/mol. The zero-order valence-electron chi connectivity index (χ0n) is 27.0. The average molecular weight is 607 g/mol. The van der Waals surface area contributed by atoms with Gasteiger partial charge in [0.2, 0.25) is 0 Å². The number of nitrogens with zero attached hydrogens (tertiary/aromatic N) is 2. The lowest BCUT2D eigenvalue weighted by molar-refractivity contribution is 0.660. The van der Waals surface area contributed by atoms with E-state index in [1.54, 1.807) is 0 Å². The number of rotatable bonds is 5. The lowest BCUT2D eigenvalue weighted by atomic mass is 9.82. The molecule has 228 valence electrons. The molecule has 0 bridgehead atoms. The predicted octanol–water partition coefficient (Wildman–Crippen LogP) is 11.5. The third-order valence-electron chi connectivity index (χ3n) is 10.6. The molecule has 3 aliphatic rings. The summed E-state index contributed by atoms with van der Waals surface area (Å²) in [5.74, 6) is 0. The fourth-order valence-corrected chi connectivity index (χ4v) is 8.31. The van der Waals surface area contributed by atoms with E-state index in [2.05, 4.69) is 175 Å². The third-order valence-corrected chi connectivity index (χ3v) is 10.6. The van der Waals surface area contributed by atoms with E-state index in [-0.39, 0.29) is 11.5 Å². The van der Waals surface area contributed by atoms with E-state index in [4.69, 9.17) is 0 Å². The quantitative estimate of drug-likeness (QED) is 0.190. The first-order chi connectivity index (χ1) is 23.1. The molecule has 47 heavy (non-hydrogen) atoms. The number of benzene rings is 5. The van der Waals surface area contributed by atoms with Crippen LogP contribution < -0.4 is 4.90 Å². The summed E-state index contributed by atoms with van der Waals surface area (Å²) < 4.78 is 2.42. The molecule has 2 nitrogen and oxygen atoms in total. The van der Waals surface area contributed by atoms with Crippen LogP contribution in [0, 0.1) is 0 Å². The van der Waals surface area contributed by atoms with Crippen molar-refractivity contribution in [3.8, 4) is 16.8 Å². The van der Waals surface area contributed by atoms with Crippen molar-refractivity contribution < 1.29 is 0 Å². The number of allylic oxidation sites excluding steroid dienone is 6. The molecule has 5 aromatic carbocycles. The molecule has 6 aromatic rings. The second kappa shape index (κ2) is 10.9. The standard InChI is InChI=1S/C45H38N2/c1-45(2)39-20-11-9-18-36(39)38-30-32(26-29-40(38)45)31-24-27-35(28-25-31)46(33-14-5-3-6-15-33)42-22-13-23-43-44(42)37-19-10-12-21-41(37)47(43)34-16-7-4-8-17-34/h3-5,7-14,16-27,29-30,35H,6,15,28H2,1-2H3. The van der Waals surface area contributed by atoms with Gasteiger partial charge in [-0.1, -0.05) is 123 Å². The van der Waals surface area contributed by atoms with Crippen LogP contribution in [0.4, 0.5) is 5.69 Å². The highest BCUT2D eigenvalue weighted by Crippen LogP contribution is 2.49. The fourth-order valence-electron chi connectivity index (χ4n) is 8.31. The summed E-state index contributed by atoms with van der Waals surface area (Å²) in [6.07, 6.45) is 17.1. The molecule has 0 saturated carbocycles. The molecule has 0 N–H and O–H groups in total. The zero-order valence-corrected chi connectivity index (χ0v) is 27.0. The third kappa shape index (κ3) is 4.39. The second-order valence-corrected chi connectivity index (χ2v) is 13.6. The molecule has 0 radical (unpaired) electrons. The number of anilines is 1. The predicted molar refractivity (Wildman–Crippen MR) is 199 cm³/mol. The van der Waals surface area contributed by atoms with E-state index in [1.165, 1.54) is 72.3 Å². The summed E-state index contributed by atoms with van der Waals surface area (Å²) in [6.45, 7) is 4.70. The number of hydrogen-bond donors (Lipinski definition) is 0. The van der Waals surface area contributed by atoms with Gasteiger partial charge in [-0.25, -0.2) is 0 Å². The molecule has 0 spiro atoms. The molecule has 0 fully saturated rings. The van der Waals surface area contributed by atoms with Crippen LogP contribution in [0.1, 0.15) is 49.8 Å². The van der Waals surface area contributed by atoms with Crippen LogP contribution in [-0.2, 0) is 5.41 Å². The van der Waals surface area contributed by atoms with Crippen molar-refractivity contribution in [3.63, 3.8) is 0 Å². The minimum Gasteiger partial charge on any atom is -0.337 e. The molecule has 0 amide bonds. The van der Waals surface area contributed by atoms with Gasteiger partial charge in [0.1, 0.15) is 0 Å². The molecule has 9 rings (SSSR count). The van der Waals surface area contributed by atoms with Crippen molar-refractivity contribution in [2.45, 2.75) is 44.6 Å². The van der Waals surface area contributed by atoms with E-state index in [1.807, 2.05) is 0 Å². The maximum absolute atomic E-state index is 2.62. The lowest BCUT2D eigenvalue weighted by Crippen LogP contribution is -2.34. The Morgan fingerprint density at radius 2 is 1.53 bits per heavy atom. The molecule has 2 heteroatoms. The molecule has 1 atom stereocenters. The largest absolute Gasteiger partial charge is 0.337 e. The van der Waals surface area contributed by atoms with E-state index < -0.39 is 0 Å². The number of fused-ring (bicyclic) bond motifs is 6. The first-order valence-electron chi connectivity index (χ1n) is 17.0. The Labute approximate surface area is 277 Å². The van der Waals surface area contributed by atoms with Gasteiger partial charge in [0.05, 0.1) is 22.8 Å². The van der Waals surface area contributed by atoms with Crippen molar-refractivity contribution >= 4 is 33.1 Å². The Morgan fingerprint density at radius 3 is 2.36 bits per heavy atom. The Bertz CT molecular complexity index is 2310. The van der Waals surface area contributed by atoms with Crippen molar-refractivity contribution in [2.75, 3.05) is 4.90 Å². The Balaban J connectivity index is 1.14. The van der Waals surface area contributed by atoms with Gasteiger partial charge in [-0.3, -0.25) is 0 Å². The van der Waals surface area contributed by atoms with Gasteiger partial charge >= 0.3 is 0 Å². The first kappa shape index (κ1) is 27.9. The first-order valence-corrected chi connectivity index (χ1v) is 17.0. The summed E-state index contributed by atoms with van der Waals surface area (Å²) in [5.41, 5.74) is 14.5. The summed E-state index contributed by atoms with van der Waals surface area (Å²) in [6, 6.07) is 42.7. The van der Waals surface area contributed by atoms with Gasteiger partial charge in [-0.05, 0) is 95.1 Å². The number of para-hydroxylation sites is 2. The smallest absolute Gasteiger partial charge is 0.0562 e. The van der Waals surface area contributed by atoms with Gasteiger partial charge in [-0.15, -0.1) is 0 Å². The second-order valence-electron chi connectivity index (χ2n) is 13.6. The van der Waals surface area contributed by atoms with E-state index in [0.29, 0.717) is 0 Å². The Hall–Kier alpha value is -5.34. The summed E-state index contributed by atoms with van der Waals surface area (Å²) in [7, 11) is 0. The normalized spacial score (nSPS) is 17.8. The van der Waals surface area contributed by atoms with Gasteiger partial charge in [-0.2, -0.15) is 0 Å². The van der Waals surface area contributed by atoms with Crippen LogP contribution in [0.25, 0.3) is 44.2 Å². The highest BCUT2D eigenvalue weighted by molar-refractivity contribution is 6.15. The van der Waals surface area contributed by atoms with Crippen molar-refractivity contribution in [2.24, 2.45) is 0 Å². The van der Waals surface area contributed by atoms with Crippen molar-refractivity contribution in [1.29, 1.82) is 0 Å². The van der Waals surface area contributed by atoms with Crippen LogP contribution in [0.3, 0.4) is 0 Å². The molecule has 0 aliphatic heterocycles. The van der Waals surface area contributed by atoms with E-state index in [0.717, 1.165) is 19.3 Å². The van der Waals surface area contributed by atoms with Gasteiger partial charge in [0, 0.05) is 27.6 Å². The highest BCUT2D eigenvalue weighted by Gasteiger charge is 2.35. The zero-order chi connectivity index (χ0) is 31.5. The molecule has 1 unspecified atom stereocenters.